The van der Waals surface area contributed by atoms with Gasteiger partial charge in [-0.25, -0.2) is 8.42 Å². The topological polar surface area (TPSA) is 66.5 Å². The molecule has 0 atom stereocenters. The van der Waals surface area contributed by atoms with E-state index in [1.165, 1.54) is 21.5 Å². The lowest BCUT2D eigenvalue weighted by Crippen LogP contribution is -2.29. The molecule has 2 aromatic rings. The fraction of sp³-hybridized carbons (Fsp3) is 0.409. The molecule has 1 aliphatic heterocycles. The summed E-state index contributed by atoms with van der Waals surface area (Å²) in [5, 5.41) is 2.92. The Morgan fingerprint density at radius 1 is 1.07 bits per heavy atom. The van der Waals surface area contributed by atoms with Gasteiger partial charge in [0.2, 0.25) is 10.0 Å². The van der Waals surface area contributed by atoms with Crippen LogP contribution in [-0.2, 0) is 15.8 Å². The summed E-state index contributed by atoms with van der Waals surface area (Å²) in [6.45, 7) is 5.57. The molecule has 0 aromatic heterocycles. The van der Waals surface area contributed by atoms with Crippen molar-refractivity contribution in [2.75, 3.05) is 25.4 Å². The second-order valence-corrected chi connectivity index (χ2v) is 10.4. The average Bonchev–Trinajstić information content (AvgIpc) is 3.25. The molecule has 1 saturated heterocycles. The van der Waals surface area contributed by atoms with Crippen LogP contribution >= 0.6 is 11.8 Å². The second kappa shape index (κ2) is 9.78. The van der Waals surface area contributed by atoms with Crippen molar-refractivity contribution in [3.8, 4) is 0 Å². The molecule has 29 heavy (non-hydrogen) atoms. The van der Waals surface area contributed by atoms with Crippen molar-refractivity contribution in [2.45, 2.75) is 37.3 Å². The third kappa shape index (κ3) is 5.41. The lowest BCUT2D eigenvalue weighted by atomic mass is 10.1. The van der Waals surface area contributed by atoms with Crippen LogP contribution in [0.1, 0.15) is 39.9 Å². The largest absolute Gasteiger partial charge is 0.351 e. The van der Waals surface area contributed by atoms with Crippen LogP contribution in [0.15, 0.2) is 47.4 Å². The summed E-state index contributed by atoms with van der Waals surface area (Å²) >= 11 is 1.77. The van der Waals surface area contributed by atoms with Crippen molar-refractivity contribution in [3.05, 3.63) is 64.7 Å². The zero-order valence-electron chi connectivity index (χ0n) is 17.0. The van der Waals surface area contributed by atoms with Gasteiger partial charge in [-0.05, 0) is 55.5 Å². The van der Waals surface area contributed by atoms with Crippen LogP contribution in [0.2, 0.25) is 0 Å². The quantitative estimate of drug-likeness (QED) is 0.645. The van der Waals surface area contributed by atoms with Gasteiger partial charge in [-0.3, -0.25) is 4.79 Å². The summed E-state index contributed by atoms with van der Waals surface area (Å²) in [4.78, 5) is 12.8. The number of carbonyl (C=O) groups excluding carboxylic acids is 1. The summed E-state index contributed by atoms with van der Waals surface area (Å²) in [5.41, 5.74) is 3.78. The standard InChI is InChI=1S/C22H28N2O3S2/c1-17-7-3-4-8-19(17)16-28-14-11-23-22(25)21-15-20(10-9-18(21)2)29(26,27)24-12-5-6-13-24/h3-4,7-10,15H,5-6,11-14,16H2,1-2H3,(H,23,25). The molecule has 5 nitrogen and oxygen atoms in total. The van der Waals surface area contributed by atoms with E-state index >= 15 is 0 Å². The maximum Gasteiger partial charge on any atom is 0.251 e. The van der Waals surface area contributed by atoms with Crippen molar-refractivity contribution in [1.82, 2.24) is 9.62 Å². The van der Waals surface area contributed by atoms with Gasteiger partial charge in [0.1, 0.15) is 0 Å². The minimum Gasteiger partial charge on any atom is -0.351 e. The Balaban J connectivity index is 1.57. The van der Waals surface area contributed by atoms with Crippen LogP contribution in [0.4, 0.5) is 0 Å². The fourth-order valence-corrected chi connectivity index (χ4v) is 5.85. The van der Waals surface area contributed by atoms with Crippen molar-refractivity contribution in [3.63, 3.8) is 0 Å². The maximum absolute atomic E-state index is 12.8. The van der Waals surface area contributed by atoms with Crippen LogP contribution < -0.4 is 5.32 Å². The summed E-state index contributed by atoms with van der Waals surface area (Å²) in [6.07, 6.45) is 1.78. The molecule has 0 spiro atoms. The Morgan fingerprint density at radius 2 is 1.79 bits per heavy atom. The van der Waals surface area contributed by atoms with Crippen LogP contribution in [0.3, 0.4) is 0 Å². The molecule has 0 radical (unpaired) electrons. The van der Waals surface area contributed by atoms with Crippen molar-refractivity contribution >= 4 is 27.7 Å². The highest BCUT2D eigenvalue weighted by atomic mass is 32.2. The van der Waals surface area contributed by atoms with Crippen LogP contribution in [-0.4, -0.2) is 44.0 Å². The minimum atomic E-state index is -3.53. The zero-order chi connectivity index (χ0) is 20.9. The van der Waals surface area contributed by atoms with E-state index in [1.807, 2.05) is 19.1 Å². The molecule has 1 N–H and O–H groups in total. The molecular formula is C22H28N2O3S2. The van der Waals surface area contributed by atoms with E-state index in [9.17, 15) is 13.2 Å². The molecule has 7 heteroatoms. The smallest absolute Gasteiger partial charge is 0.251 e. The number of thioether (sulfide) groups is 1. The number of sulfonamides is 1. The van der Waals surface area contributed by atoms with Gasteiger partial charge >= 0.3 is 0 Å². The van der Waals surface area contributed by atoms with Gasteiger partial charge in [-0.15, -0.1) is 0 Å². The van der Waals surface area contributed by atoms with E-state index in [1.54, 1.807) is 23.9 Å². The highest BCUT2D eigenvalue weighted by Crippen LogP contribution is 2.23. The third-order valence-corrected chi connectivity index (χ3v) is 8.11. The third-order valence-electron chi connectivity index (χ3n) is 5.21. The van der Waals surface area contributed by atoms with Crippen LogP contribution in [0.5, 0.6) is 0 Å². The molecule has 1 aliphatic rings. The van der Waals surface area contributed by atoms with Gasteiger partial charge in [0.15, 0.2) is 0 Å². The summed E-state index contributed by atoms with van der Waals surface area (Å²) in [6, 6.07) is 13.1. The molecule has 0 aliphatic carbocycles. The number of aryl methyl sites for hydroxylation is 2. The second-order valence-electron chi connectivity index (χ2n) is 7.32. The first-order valence-corrected chi connectivity index (χ1v) is 12.5. The Hall–Kier alpha value is -1.83. The number of hydrogen-bond donors (Lipinski definition) is 1. The van der Waals surface area contributed by atoms with Crippen LogP contribution in [0.25, 0.3) is 0 Å². The lowest BCUT2D eigenvalue weighted by Gasteiger charge is -2.17. The van der Waals surface area contributed by atoms with Gasteiger partial charge in [0.05, 0.1) is 4.90 Å². The SMILES string of the molecule is Cc1ccccc1CSCCNC(=O)c1cc(S(=O)(=O)N2CCCC2)ccc1C. The Bertz CT molecular complexity index is 968. The van der Waals surface area contributed by atoms with Crippen LogP contribution in [0, 0.1) is 13.8 Å². The van der Waals surface area contributed by atoms with Gasteiger partial charge in [0.25, 0.3) is 5.91 Å². The Labute approximate surface area is 177 Å². The molecule has 3 rings (SSSR count). The number of amides is 1. The fourth-order valence-electron chi connectivity index (χ4n) is 3.37. The number of nitrogens with one attached hydrogen (secondary N) is 1. The number of rotatable bonds is 8. The Morgan fingerprint density at radius 3 is 2.52 bits per heavy atom. The molecule has 0 saturated carbocycles. The zero-order valence-corrected chi connectivity index (χ0v) is 18.6. The summed E-state index contributed by atoms with van der Waals surface area (Å²) in [5.74, 6) is 1.48. The highest BCUT2D eigenvalue weighted by Gasteiger charge is 2.28. The van der Waals surface area contributed by atoms with E-state index in [4.69, 9.17) is 0 Å². The molecule has 1 fully saturated rings. The average molecular weight is 433 g/mol. The van der Waals surface area contributed by atoms with Gasteiger partial charge in [0, 0.05) is 36.7 Å². The predicted molar refractivity (Wildman–Crippen MR) is 119 cm³/mol. The van der Waals surface area contributed by atoms with E-state index in [2.05, 4.69) is 24.4 Å². The molecule has 156 valence electrons. The number of nitrogens with zero attached hydrogens (tertiary/aromatic N) is 1. The molecule has 1 heterocycles. The highest BCUT2D eigenvalue weighted by molar-refractivity contribution is 7.98. The van der Waals surface area contributed by atoms with E-state index in [0.717, 1.165) is 29.9 Å². The summed E-state index contributed by atoms with van der Waals surface area (Å²) < 4.78 is 27.0. The maximum atomic E-state index is 12.8. The van der Waals surface area contributed by atoms with Gasteiger partial charge in [-0.2, -0.15) is 16.1 Å². The first-order valence-electron chi connectivity index (χ1n) is 9.91. The van der Waals surface area contributed by atoms with Gasteiger partial charge in [-0.1, -0.05) is 30.3 Å². The Kier molecular flexibility index (Phi) is 7.38. The van der Waals surface area contributed by atoms with Crippen molar-refractivity contribution < 1.29 is 13.2 Å². The van der Waals surface area contributed by atoms with Crippen molar-refractivity contribution in [2.24, 2.45) is 0 Å². The molecular weight excluding hydrogens is 404 g/mol. The summed E-state index contributed by atoms with van der Waals surface area (Å²) in [7, 11) is -3.53. The van der Waals surface area contributed by atoms with E-state index < -0.39 is 10.0 Å². The van der Waals surface area contributed by atoms with E-state index in [-0.39, 0.29) is 10.8 Å². The number of hydrogen-bond acceptors (Lipinski definition) is 4. The molecule has 1 amide bonds. The number of benzene rings is 2. The molecule has 0 bridgehead atoms. The lowest BCUT2D eigenvalue weighted by molar-refractivity contribution is 0.0955. The molecule has 2 aromatic carbocycles. The van der Waals surface area contributed by atoms with E-state index in [0.29, 0.717) is 25.2 Å². The number of carbonyl (C=O) groups is 1. The predicted octanol–water partition coefficient (Wildman–Crippen LogP) is 3.75. The normalized spacial score (nSPS) is 14.8. The minimum absolute atomic E-state index is 0.198. The van der Waals surface area contributed by atoms with Gasteiger partial charge < -0.3 is 5.32 Å². The monoisotopic (exact) mass is 432 g/mol. The first-order chi connectivity index (χ1) is 13.9. The van der Waals surface area contributed by atoms with Crippen molar-refractivity contribution in [1.29, 1.82) is 0 Å². The first kappa shape index (κ1) is 21.9. The molecule has 0 unspecified atom stereocenters.